The molecule has 0 aromatic heterocycles. The zero-order valence-electron chi connectivity index (χ0n) is 10.9. The van der Waals surface area contributed by atoms with E-state index < -0.39 is 0 Å². The summed E-state index contributed by atoms with van der Waals surface area (Å²) in [5.74, 6) is -0.128. The predicted octanol–water partition coefficient (Wildman–Crippen LogP) is 4.31. The van der Waals surface area contributed by atoms with Crippen molar-refractivity contribution >= 4 is 15.9 Å². The fourth-order valence-electron chi connectivity index (χ4n) is 1.99. The number of rotatable bonds is 5. The molecule has 0 aliphatic carbocycles. The minimum Gasteiger partial charge on any atom is -0.310 e. The maximum atomic E-state index is 13.5. The van der Waals surface area contributed by atoms with E-state index in [4.69, 9.17) is 0 Å². The molecule has 2 rings (SSSR count). The van der Waals surface area contributed by atoms with E-state index in [0.717, 1.165) is 16.6 Å². The van der Waals surface area contributed by atoms with Gasteiger partial charge in [0.2, 0.25) is 0 Å². The first-order valence-corrected chi connectivity index (χ1v) is 7.16. The van der Waals surface area contributed by atoms with Gasteiger partial charge >= 0.3 is 0 Å². The molecule has 0 fully saturated rings. The molecule has 2 aromatic carbocycles. The van der Waals surface area contributed by atoms with Gasteiger partial charge in [0.25, 0.3) is 0 Å². The summed E-state index contributed by atoms with van der Waals surface area (Å²) >= 11 is 3.52. The highest BCUT2D eigenvalue weighted by molar-refractivity contribution is 9.10. The van der Waals surface area contributed by atoms with Crippen LogP contribution in [-0.4, -0.2) is 6.04 Å². The molecule has 19 heavy (non-hydrogen) atoms. The summed E-state index contributed by atoms with van der Waals surface area (Å²) < 4.78 is 14.6. The third-order valence-corrected chi connectivity index (χ3v) is 3.86. The van der Waals surface area contributed by atoms with Gasteiger partial charge in [0.05, 0.1) is 0 Å². The van der Waals surface area contributed by atoms with Gasteiger partial charge < -0.3 is 5.32 Å². The average Bonchev–Trinajstić information content (AvgIpc) is 2.40. The zero-order valence-corrected chi connectivity index (χ0v) is 12.5. The first kappa shape index (κ1) is 14.2. The Hall–Kier alpha value is -1.19. The number of benzene rings is 2. The fraction of sp³-hybridized carbons (Fsp3) is 0.250. The van der Waals surface area contributed by atoms with Gasteiger partial charge in [-0.05, 0) is 36.6 Å². The van der Waals surface area contributed by atoms with Crippen LogP contribution in [0.3, 0.4) is 0 Å². The molecule has 0 saturated heterocycles. The summed E-state index contributed by atoms with van der Waals surface area (Å²) in [5.41, 5.74) is 1.97. The molecule has 1 unspecified atom stereocenters. The Morgan fingerprint density at radius 2 is 1.68 bits per heavy atom. The Morgan fingerprint density at radius 1 is 1.05 bits per heavy atom. The highest BCUT2D eigenvalue weighted by Crippen LogP contribution is 2.16. The van der Waals surface area contributed by atoms with Gasteiger partial charge in [-0.3, -0.25) is 0 Å². The van der Waals surface area contributed by atoms with Crippen molar-refractivity contribution in [2.45, 2.75) is 25.9 Å². The highest BCUT2D eigenvalue weighted by atomic mass is 79.9. The summed E-state index contributed by atoms with van der Waals surface area (Å²) in [6.07, 6.45) is 0.692. The second-order valence-corrected chi connectivity index (χ2v) is 5.52. The van der Waals surface area contributed by atoms with Crippen molar-refractivity contribution in [2.75, 3.05) is 0 Å². The van der Waals surface area contributed by atoms with Crippen LogP contribution in [0.1, 0.15) is 18.1 Å². The van der Waals surface area contributed by atoms with Crippen LogP contribution in [0.2, 0.25) is 0 Å². The normalized spacial score (nSPS) is 12.4. The molecule has 0 spiro atoms. The number of halogens is 2. The van der Waals surface area contributed by atoms with Crippen LogP contribution < -0.4 is 5.32 Å². The van der Waals surface area contributed by atoms with Gasteiger partial charge in [-0.25, -0.2) is 4.39 Å². The summed E-state index contributed by atoms with van der Waals surface area (Å²) in [4.78, 5) is 0. The van der Waals surface area contributed by atoms with Crippen molar-refractivity contribution in [3.8, 4) is 0 Å². The molecule has 0 aliphatic rings. The van der Waals surface area contributed by atoms with E-state index in [2.05, 4.69) is 34.2 Å². The maximum absolute atomic E-state index is 13.5. The summed E-state index contributed by atoms with van der Waals surface area (Å²) in [5, 5.41) is 3.42. The number of hydrogen-bond donors (Lipinski definition) is 1. The fourth-order valence-corrected chi connectivity index (χ4v) is 2.42. The number of hydrogen-bond acceptors (Lipinski definition) is 1. The monoisotopic (exact) mass is 321 g/mol. The maximum Gasteiger partial charge on any atom is 0.126 e. The minimum atomic E-state index is -0.128. The van der Waals surface area contributed by atoms with Crippen LogP contribution in [0.15, 0.2) is 53.0 Å². The van der Waals surface area contributed by atoms with Gasteiger partial charge in [-0.15, -0.1) is 0 Å². The van der Waals surface area contributed by atoms with E-state index in [1.807, 2.05) is 30.3 Å². The highest BCUT2D eigenvalue weighted by Gasteiger charge is 2.07. The topological polar surface area (TPSA) is 12.0 Å². The second kappa shape index (κ2) is 6.83. The van der Waals surface area contributed by atoms with Crippen molar-refractivity contribution in [3.05, 3.63) is 69.9 Å². The molecule has 1 atom stereocenters. The van der Waals surface area contributed by atoms with E-state index in [1.165, 1.54) is 11.6 Å². The van der Waals surface area contributed by atoms with Gasteiger partial charge in [0.1, 0.15) is 5.82 Å². The Labute approximate surface area is 122 Å². The Balaban J connectivity index is 1.90. The van der Waals surface area contributed by atoms with E-state index in [9.17, 15) is 4.39 Å². The van der Waals surface area contributed by atoms with Crippen molar-refractivity contribution in [3.63, 3.8) is 0 Å². The molecule has 0 aliphatic heterocycles. The summed E-state index contributed by atoms with van der Waals surface area (Å²) in [6.45, 7) is 2.85. The third kappa shape index (κ3) is 4.15. The molecule has 3 heteroatoms. The lowest BCUT2D eigenvalue weighted by molar-refractivity contribution is 0.525. The van der Waals surface area contributed by atoms with Gasteiger partial charge in [0.15, 0.2) is 0 Å². The van der Waals surface area contributed by atoms with Crippen LogP contribution in [-0.2, 0) is 13.0 Å². The van der Waals surface area contributed by atoms with Crippen molar-refractivity contribution in [1.29, 1.82) is 0 Å². The van der Waals surface area contributed by atoms with Gasteiger partial charge in [-0.2, -0.15) is 0 Å². The lowest BCUT2D eigenvalue weighted by Gasteiger charge is -2.15. The van der Waals surface area contributed by atoms with Crippen molar-refractivity contribution in [1.82, 2.24) is 5.32 Å². The largest absolute Gasteiger partial charge is 0.310 e. The molecular formula is C16H17BrFN. The smallest absolute Gasteiger partial charge is 0.126 e. The standard InChI is InChI=1S/C16H17BrFN/c1-12(10-13-6-3-5-9-16(13)18)19-11-14-7-2-4-8-15(14)17/h2-9,12,19H,10-11H2,1H3. The second-order valence-electron chi connectivity index (χ2n) is 4.67. The van der Waals surface area contributed by atoms with Crippen LogP contribution >= 0.6 is 15.9 Å². The summed E-state index contributed by atoms with van der Waals surface area (Å²) in [6, 6.07) is 15.3. The molecule has 0 amide bonds. The number of nitrogens with one attached hydrogen (secondary N) is 1. The molecule has 1 N–H and O–H groups in total. The molecular weight excluding hydrogens is 305 g/mol. The van der Waals surface area contributed by atoms with E-state index >= 15 is 0 Å². The van der Waals surface area contributed by atoms with E-state index in [1.54, 1.807) is 6.07 Å². The Bertz CT molecular complexity index is 542. The lowest BCUT2D eigenvalue weighted by Crippen LogP contribution is -2.28. The average molecular weight is 322 g/mol. The Kier molecular flexibility index (Phi) is 5.11. The molecule has 0 heterocycles. The zero-order chi connectivity index (χ0) is 13.7. The first-order chi connectivity index (χ1) is 9.16. The SMILES string of the molecule is CC(Cc1ccccc1F)NCc1ccccc1Br. The quantitative estimate of drug-likeness (QED) is 0.865. The van der Waals surface area contributed by atoms with Gasteiger partial charge in [0, 0.05) is 17.1 Å². The third-order valence-electron chi connectivity index (χ3n) is 3.08. The van der Waals surface area contributed by atoms with Crippen LogP contribution in [0.4, 0.5) is 4.39 Å². The van der Waals surface area contributed by atoms with Crippen molar-refractivity contribution in [2.24, 2.45) is 0 Å². The lowest BCUT2D eigenvalue weighted by atomic mass is 10.1. The van der Waals surface area contributed by atoms with Crippen molar-refractivity contribution < 1.29 is 4.39 Å². The molecule has 0 radical (unpaired) electrons. The summed E-state index contributed by atoms with van der Waals surface area (Å²) in [7, 11) is 0. The molecule has 2 aromatic rings. The Morgan fingerprint density at radius 3 is 2.37 bits per heavy atom. The van der Waals surface area contributed by atoms with Crippen LogP contribution in [0.5, 0.6) is 0 Å². The molecule has 0 bridgehead atoms. The predicted molar refractivity (Wildman–Crippen MR) is 80.5 cm³/mol. The van der Waals surface area contributed by atoms with E-state index in [0.29, 0.717) is 6.42 Å². The minimum absolute atomic E-state index is 0.128. The van der Waals surface area contributed by atoms with Crippen LogP contribution in [0, 0.1) is 5.82 Å². The molecule has 1 nitrogen and oxygen atoms in total. The molecule has 100 valence electrons. The van der Waals surface area contributed by atoms with Crippen LogP contribution in [0.25, 0.3) is 0 Å². The first-order valence-electron chi connectivity index (χ1n) is 6.37. The van der Waals surface area contributed by atoms with Gasteiger partial charge in [-0.1, -0.05) is 52.3 Å². The van der Waals surface area contributed by atoms with E-state index in [-0.39, 0.29) is 11.9 Å². The molecule has 0 saturated carbocycles.